The van der Waals surface area contributed by atoms with Crippen molar-refractivity contribution < 1.29 is 53.1 Å². The van der Waals surface area contributed by atoms with Crippen LogP contribution in [0.3, 0.4) is 0 Å². The van der Waals surface area contributed by atoms with Gasteiger partial charge in [0.1, 0.15) is 35.8 Å². The number of epoxide rings is 1. The van der Waals surface area contributed by atoms with Crippen LogP contribution in [0.25, 0.3) is 0 Å². The molecule has 1 aromatic heterocycles. The largest absolute Gasteiger partial charge is 0.469 e. The number of cyclic esters (lactones) is 2. The van der Waals surface area contributed by atoms with Gasteiger partial charge in [0.25, 0.3) is 0 Å². The maximum Gasteiger partial charge on any atom is 0.339 e. The maximum atomic E-state index is 16.5. The standard InChI is InChI=1S/C62H82N2O11/c1-32(33-9-5-6-10-33)21-38-24-39-23-37-13-18-58(16-7-8-17-58)59(37)27-36-26-55(2)51(41-15-20-71-45(41)25-42(44(66)29-65)34-11-12-40-35(22-34)14-19-64-31-63-28-43(40)64)73-54(70)52-62(55,74-52)56(3)47(36)60-30-72-53(69)49(59)61(39,60)75-57(38,4)48(60)46(67)50(56)68/h14-15,19-20,24,32-38,40,42-44,47-52,63,65-66,68H,5-13,16-18,21-23,25-31H2,1-4H3. The Morgan fingerprint density at radius 3 is 2.53 bits per heavy atom. The van der Waals surface area contributed by atoms with Crippen LogP contribution in [0.15, 0.2) is 40.7 Å². The number of fused-ring (bicyclic) bond motifs is 5. The average molecular weight is 1030 g/mol. The molecule has 5 spiro atoms. The number of carbonyl (C=O) groups is 3. The van der Waals surface area contributed by atoms with Crippen LogP contribution in [0.2, 0.25) is 0 Å². The zero-order valence-corrected chi connectivity index (χ0v) is 44.8. The highest BCUT2D eigenvalue weighted by molar-refractivity contribution is 5.94. The molecule has 8 heterocycles. The van der Waals surface area contributed by atoms with Gasteiger partial charge in [-0.2, -0.15) is 0 Å². The van der Waals surface area contributed by atoms with Gasteiger partial charge in [0.05, 0.1) is 48.5 Å². The van der Waals surface area contributed by atoms with E-state index >= 15 is 9.59 Å². The van der Waals surface area contributed by atoms with Gasteiger partial charge in [-0.3, -0.25) is 14.9 Å². The number of esters is 2. The molecule has 23 atom stereocenters. The van der Waals surface area contributed by atoms with E-state index in [9.17, 15) is 20.1 Å². The lowest BCUT2D eigenvalue weighted by Crippen LogP contribution is -2.80. The maximum absolute atomic E-state index is 16.5. The fourth-order valence-corrected chi connectivity index (χ4v) is 24.7. The Morgan fingerprint density at radius 2 is 1.73 bits per heavy atom. The highest BCUT2D eigenvalue weighted by Crippen LogP contribution is 2.90. The first kappa shape index (κ1) is 47.9. The van der Waals surface area contributed by atoms with Crippen molar-refractivity contribution in [2.75, 3.05) is 26.4 Å². The number of furan rings is 1. The van der Waals surface area contributed by atoms with Crippen LogP contribution in [0.1, 0.15) is 154 Å². The minimum absolute atomic E-state index is 0.0495. The summed E-state index contributed by atoms with van der Waals surface area (Å²) in [7, 11) is 0. The van der Waals surface area contributed by atoms with Gasteiger partial charge in [0.15, 0.2) is 11.9 Å². The van der Waals surface area contributed by atoms with E-state index in [1.54, 1.807) is 6.26 Å². The Hall–Kier alpha value is -3.07. The SMILES string of the molecule is CC(CC1C=C2CC3CCC4(CCCC4)C34CC3CC5(C)C(c6ccoc6CC(C(O)CO)C6CCC7C(C=CN8CNCC78)C6)OC(=O)C6OC65C5(C)C(O)C(=O)C6C1(C)OC21C4C(=O)OCC61C35)C1CCCC1. The van der Waals surface area contributed by atoms with Crippen molar-refractivity contribution in [1.29, 1.82) is 0 Å². The van der Waals surface area contributed by atoms with E-state index in [2.05, 4.69) is 56.3 Å². The zero-order valence-electron chi connectivity index (χ0n) is 44.8. The quantitative estimate of drug-likeness (QED) is 0.107. The van der Waals surface area contributed by atoms with Crippen molar-refractivity contribution >= 4 is 17.7 Å². The molecule has 0 aromatic carbocycles. The normalized spacial score (nSPS) is 52.9. The van der Waals surface area contributed by atoms with Gasteiger partial charge in [-0.1, -0.05) is 71.4 Å². The number of hydrogen-bond donors (Lipinski definition) is 4. The smallest absolute Gasteiger partial charge is 0.339 e. The van der Waals surface area contributed by atoms with Gasteiger partial charge in [-0.25, -0.2) is 4.79 Å². The number of hydrogen-bond acceptors (Lipinski definition) is 13. The summed E-state index contributed by atoms with van der Waals surface area (Å²) in [5.74, 6) is -0.142. The molecule has 5 saturated heterocycles. The molecule has 23 unspecified atom stereocenters. The Balaban J connectivity index is 0.844. The predicted molar refractivity (Wildman–Crippen MR) is 271 cm³/mol. The lowest BCUT2D eigenvalue weighted by atomic mass is 9.32. The fraction of sp³-hybridized carbons (Fsp3) is 0.823. The molecule has 8 aliphatic carbocycles. The van der Waals surface area contributed by atoms with E-state index in [1.807, 2.05) is 6.07 Å². The molecule has 4 N–H and O–H groups in total. The van der Waals surface area contributed by atoms with Gasteiger partial charge in [0.2, 0.25) is 0 Å². The van der Waals surface area contributed by atoms with Crippen LogP contribution in [0, 0.1) is 98.1 Å². The summed E-state index contributed by atoms with van der Waals surface area (Å²) in [4.78, 5) is 49.6. The van der Waals surface area contributed by atoms with Gasteiger partial charge in [-0.15, -0.1) is 0 Å². The third-order valence-corrected chi connectivity index (χ3v) is 27.2. The van der Waals surface area contributed by atoms with Crippen molar-refractivity contribution in [3.8, 4) is 0 Å². The Morgan fingerprint density at radius 1 is 0.920 bits per heavy atom. The Labute approximate surface area is 442 Å². The van der Waals surface area contributed by atoms with Crippen LogP contribution in [-0.4, -0.2) is 106 Å². The second kappa shape index (κ2) is 15.4. The third kappa shape index (κ3) is 5.31. The molecule has 13 fully saturated rings. The second-order valence-corrected chi connectivity index (χ2v) is 29.1. The molecule has 406 valence electrons. The van der Waals surface area contributed by atoms with Gasteiger partial charge in [-0.05, 0) is 159 Å². The summed E-state index contributed by atoms with van der Waals surface area (Å²) >= 11 is 0. The minimum atomic E-state index is -1.49. The fourth-order valence-electron chi connectivity index (χ4n) is 24.7. The highest BCUT2D eigenvalue weighted by atomic mass is 16.7. The van der Waals surface area contributed by atoms with E-state index in [0.29, 0.717) is 48.3 Å². The van der Waals surface area contributed by atoms with E-state index in [0.717, 1.165) is 95.8 Å². The number of aliphatic hydroxyl groups is 3. The summed E-state index contributed by atoms with van der Waals surface area (Å²) in [5.41, 5.74) is -5.25. The lowest BCUT2D eigenvalue weighted by Gasteiger charge is -2.70. The molecule has 1 aromatic rings. The minimum Gasteiger partial charge on any atom is -0.469 e. The van der Waals surface area contributed by atoms with Crippen LogP contribution >= 0.6 is 0 Å². The number of allylic oxidation sites excluding steroid dienone is 1. The summed E-state index contributed by atoms with van der Waals surface area (Å²) < 4.78 is 35.6. The van der Waals surface area contributed by atoms with E-state index in [1.165, 1.54) is 31.3 Å². The molecule has 16 rings (SSSR count). The number of nitrogens with zero attached hydrogens (tertiary/aromatic N) is 1. The van der Waals surface area contributed by atoms with Crippen molar-refractivity contribution in [2.24, 2.45) is 98.1 Å². The summed E-state index contributed by atoms with van der Waals surface area (Å²) in [5, 5.41) is 39.7. The van der Waals surface area contributed by atoms with E-state index in [4.69, 9.17) is 23.4 Å². The molecule has 5 bridgehead atoms. The first-order valence-electron chi connectivity index (χ1n) is 30.3. The molecular weight excluding hydrogens is 949 g/mol. The molecule has 0 radical (unpaired) electrons. The average Bonchev–Trinajstić information content (AvgIpc) is 2.81. The lowest BCUT2D eigenvalue weighted by molar-refractivity contribution is -0.282. The van der Waals surface area contributed by atoms with Gasteiger partial charge >= 0.3 is 11.9 Å². The van der Waals surface area contributed by atoms with Crippen molar-refractivity contribution in [3.63, 3.8) is 0 Å². The summed E-state index contributed by atoms with van der Waals surface area (Å²) in [6.45, 7) is 10.4. The first-order valence-corrected chi connectivity index (χ1v) is 30.3. The number of nitrogens with one attached hydrogen (secondary N) is 1. The molecule has 15 aliphatic rings. The molecule has 75 heavy (non-hydrogen) atoms. The summed E-state index contributed by atoms with van der Waals surface area (Å²) in [6, 6.07) is 2.40. The number of Topliss-reactive ketones (excluding diaryl/α,β-unsaturated/α-hetero) is 1. The molecular formula is C62H82N2O11. The Bertz CT molecular complexity index is 2690. The Kier molecular flexibility index (Phi) is 9.85. The van der Waals surface area contributed by atoms with Crippen LogP contribution < -0.4 is 5.32 Å². The number of carbonyl (C=O) groups excluding carboxylic acids is 3. The molecule has 8 saturated carbocycles. The van der Waals surface area contributed by atoms with E-state index < -0.39 is 80.7 Å². The van der Waals surface area contributed by atoms with Crippen molar-refractivity contribution in [2.45, 2.75) is 191 Å². The number of aliphatic hydroxyl groups excluding tert-OH is 3. The van der Waals surface area contributed by atoms with Crippen LogP contribution in [0.4, 0.5) is 0 Å². The van der Waals surface area contributed by atoms with E-state index in [-0.39, 0.29) is 65.9 Å². The first-order chi connectivity index (χ1) is 36.1. The zero-order chi connectivity index (χ0) is 51.2. The predicted octanol–water partition coefficient (Wildman–Crippen LogP) is 7.75. The number of ether oxygens (including phenoxy) is 4. The van der Waals surface area contributed by atoms with Crippen LogP contribution in [0.5, 0.6) is 0 Å². The summed E-state index contributed by atoms with van der Waals surface area (Å²) in [6.07, 6.45) is 22.3. The van der Waals surface area contributed by atoms with Gasteiger partial charge in [0, 0.05) is 41.3 Å². The number of ketones is 1. The molecule has 7 aliphatic heterocycles. The third-order valence-electron chi connectivity index (χ3n) is 27.2. The molecule has 13 heteroatoms. The highest BCUT2D eigenvalue weighted by Gasteiger charge is 2.98. The van der Waals surface area contributed by atoms with Crippen molar-refractivity contribution in [1.82, 2.24) is 10.2 Å². The molecule has 13 nitrogen and oxygen atoms in total. The monoisotopic (exact) mass is 1030 g/mol. The topological polar surface area (TPSA) is 181 Å². The van der Waals surface area contributed by atoms with Crippen LogP contribution in [-0.2, 0) is 39.8 Å². The van der Waals surface area contributed by atoms with Crippen molar-refractivity contribution in [3.05, 3.63) is 47.6 Å². The molecule has 0 amide bonds. The van der Waals surface area contributed by atoms with Gasteiger partial charge < -0.3 is 43.6 Å². The number of rotatable bonds is 9. The second-order valence-electron chi connectivity index (χ2n) is 29.1.